The summed E-state index contributed by atoms with van der Waals surface area (Å²) in [4.78, 5) is 8.18. The summed E-state index contributed by atoms with van der Waals surface area (Å²) in [5.41, 5.74) is 11.0. The van der Waals surface area contributed by atoms with Crippen LogP contribution in [0.4, 0.5) is 11.6 Å². The first-order valence-electron chi connectivity index (χ1n) is 5.01. The highest BCUT2D eigenvalue weighted by Crippen LogP contribution is 2.21. The Morgan fingerprint density at radius 1 is 1.31 bits per heavy atom. The molecule has 1 rings (SSSR count). The zero-order valence-electron chi connectivity index (χ0n) is 9.86. The molecular formula is C10H18N4OS. The molecule has 0 aliphatic carbocycles. The third-order valence-electron chi connectivity index (χ3n) is 2.23. The Morgan fingerprint density at radius 3 is 2.38 bits per heavy atom. The standard InChI is InChI=1S/C10H18N4OS/c1-10(2,15-3)4-5-16-9-13-7(11)6-8(12)14-9/h6H,4-5H2,1-3H3,(H4,11,12,13,14). The highest BCUT2D eigenvalue weighted by Gasteiger charge is 2.16. The van der Waals surface area contributed by atoms with Crippen LogP contribution in [0, 0.1) is 0 Å². The van der Waals surface area contributed by atoms with E-state index in [0.29, 0.717) is 16.8 Å². The van der Waals surface area contributed by atoms with E-state index in [9.17, 15) is 0 Å². The summed E-state index contributed by atoms with van der Waals surface area (Å²) in [6.45, 7) is 4.09. The normalized spacial score (nSPS) is 11.7. The Balaban J connectivity index is 2.49. The van der Waals surface area contributed by atoms with E-state index in [-0.39, 0.29) is 5.60 Å². The first kappa shape index (κ1) is 13.1. The summed E-state index contributed by atoms with van der Waals surface area (Å²) in [6, 6.07) is 1.54. The van der Waals surface area contributed by atoms with Gasteiger partial charge in [-0.05, 0) is 20.3 Å². The van der Waals surface area contributed by atoms with Gasteiger partial charge in [-0.15, -0.1) is 0 Å². The first-order chi connectivity index (χ1) is 7.43. The van der Waals surface area contributed by atoms with Gasteiger partial charge in [-0.3, -0.25) is 0 Å². The molecule has 0 amide bonds. The van der Waals surface area contributed by atoms with Crippen molar-refractivity contribution in [3.05, 3.63) is 6.07 Å². The number of anilines is 2. The number of ether oxygens (including phenoxy) is 1. The van der Waals surface area contributed by atoms with Crippen LogP contribution in [0.5, 0.6) is 0 Å². The average molecular weight is 242 g/mol. The third kappa shape index (κ3) is 4.24. The summed E-state index contributed by atoms with van der Waals surface area (Å²) in [5, 5.41) is 0.615. The topological polar surface area (TPSA) is 87.0 Å². The summed E-state index contributed by atoms with van der Waals surface area (Å²) in [6.07, 6.45) is 0.909. The Labute approximate surface area is 100.0 Å². The van der Waals surface area contributed by atoms with Gasteiger partial charge in [0.1, 0.15) is 11.6 Å². The number of nitrogens with two attached hydrogens (primary N) is 2. The summed E-state index contributed by atoms with van der Waals surface area (Å²) in [7, 11) is 1.71. The Hall–Kier alpha value is -1.01. The largest absolute Gasteiger partial charge is 0.383 e. The number of hydrogen-bond donors (Lipinski definition) is 2. The van der Waals surface area contributed by atoms with Crippen LogP contribution in [0.15, 0.2) is 11.2 Å². The number of methoxy groups -OCH3 is 1. The van der Waals surface area contributed by atoms with Gasteiger partial charge in [0.05, 0.1) is 5.60 Å². The zero-order valence-corrected chi connectivity index (χ0v) is 10.7. The molecule has 0 saturated heterocycles. The minimum absolute atomic E-state index is 0.126. The van der Waals surface area contributed by atoms with Crippen LogP contribution < -0.4 is 11.5 Å². The highest BCUT2D eigenvalue weighted by molar-refractivity contribution is 7.99. The first-order valence-corrected chi connectivity index (χ1v) is 5.99. The lowest BCUT2D eigenvalue weighted by Gasteiger charge is -2.22. The molecule has 1 aromatic heterocycles. The summed E-state index contributed by atoms with van der Waals surface area (Å²) in [5.74, 6) is 1.67. The minimum Gasteiger partial charge on any atom is -0.383 e. The Morgan fingerprint density at radius 2 is 1.88 bits per heavy atom. The Kier molecular flexibility index (Phi) is 4.37. The SMILES string of the molecule is COC(C)(C)CCSc1nc(N)cc(N)n1. The number of thioether (sulfide) groups is 1. The van der Waals surface area contributed by atoms with Crippen LogP contribution in [0.2, 0.25) is 0 Å². The fourth-order valence-electron chi connectivity index (χ4n) is 1.02. The van der Waals surface area contributed by atoms with E-state index in [1.807, 2.05) is 13.8 Å². The molecule has 16 heavy (non-hydrogen) atoms. The van der Waals surface area contributed by atoms with E-state index in [1.165, 1.54) is 11.8 Å². The fraction of sp³-hybridized carbons (Fsp3) is 0.600. The van der Waals surface area contributed by atoms with Gasteiger partial charge in [-0.2, -0.15) is 0 Å². The Bertz CT molecular complexity index is 336. The van der Waals surface area contributed by atoms with Gasteiger partial charge in [-0.25, -0.2) is 9.97 Å². The van der Waals surface area contributed by atoms with Crippen molar-refractivity contribution < 1.29 is 4.74 Å². The molecule has 90 valence electrons. The molecule has 0 aliphatic rings. The van der Waals surface area contributed by atoms with E-state index in [4.69, 9.17) is 16.2 Å². The maximum atomic E-state index is 5.57. The molecule has 0 spiro atoms. The molecule has 0 atom stereocenters. The van der Waals surface area contributed by atoms with Crippen molar-refractivity contribution in [3.63, 3.8) is 0 Å². The van der Waals surface area contributed by atoms with Crippen molar-refractivity contribution in [3.8, 4) is 0 Å². The van der Waals surface area contributed by atoms with E-state index >= 15 is 0 Å². The lowest BCUT2D eigenvalue weighted by atomic mass is 10.1. The molecule has 1 aromatic rings. The number of nitrogen functional groups attached to an aromatic ring is 2. The quantitative estimate of drug-likeness (QED) is 0.601. The highest BCUT2D eigenvalue weighted by atomic mass is 32.2. The average Bonchev–Trinajstić information content (AvgIpc) is 2.16. The van der Waals surface area contributed by atoms with Gasteiger partial charge in [0.2, 0.25) is 0 Å². The minimum atomic E-state index is -0.126. The molecule has 0 saturated carbocycles. The third-order valence-corrected chi connectivity index (χ3v) is 3.08. The molecule has 0 radical (unpaired) electrons. The summed E-state index contributed by atoms with van der Waals surface area (Å²) < 4.78 is 5.32. The molecule has 0 unspecified atom stereocenters. The van der Waals surface area contributed by atoms with Gasteiger partial charge in [-0.1, -0.05) is 11.8 Å². The second-order valence-electron chi connectivity index (χ2n) is 4.06. The van der Waals surface area contributed by atoms with Crippen molar-refractivity contribution >= 4 is 23.4 Å². The monoisotopic (exact) mass is 242 g/mol. The van der Waals surface area contributed by atoms with Gasteiger partial charge in [0.25, 0.3) is 0 Å². The molecule has 0 aromatic carbocycles. The second kappa shape index (κ2) is 5.36. The fourth-order valence-corrected chi connectivity index (χ4v) is 2.13. The number of aromatic nitrogens is 2. The predicted molar refractivity (Wildman–Crippen MR) is 67.3 cm³/mol. The molecule has 1 heterocycles. The lowest BCUT2D eigenvalue weighted by molar-refractivity contribution is 0.0206. The van der Waals surface area contributed by atoms with Crippen molar-refractivity contribution in [2.45, 2.75) is 31.0 Å². The smallest absolute Gasteiger partial charge is 0.191 e. The zero-order chi connectivity index (χ0) is 12.2. The van der Waals surface area contributed by atoms with Crippen molar-refractivity contribution in [1.29, 1.82) is 0 Å². The van der Waals surface area contributed by atoms with Gasteiger partial charge >= 0.3 is 0 Å². The van der Waals surface area contributed by atoms with Gasteiger partial charge in [0, 0.05) is 18.9 Å². The molecule has 4 N–H and O–H groups in total. The predicted octanol–water partition coefficient (Wildman–Crippen LogP) is 1.55. The van der Waals surface area contributed by atoms with E-state index in [2.05, 4.69) is 9.97 Å². The summed E-state index contributed by atoms with van der Waals surface area (Å²) >= 11 is 1.53. The van der Waals surface area contributed by atoms with Crippen molar-refractivity contribution in [2.24, 2.45) is 0 Å². The molecule has 0 aliphatic heterocycles. The molecular weight excluding hydrogens is 224 g/mol. The maximum absolute atomic E-state index is 5.57. The van der Waals surface area contributed by atoms with Crippen LogP contribution in [0.1, 0.15) is 20.3 Å². The number of hydrogen-bond acceptors (Lipinski definition) is 6. The van der Waals surface area contributed by atoms with Crippen molar-refractivity contribution in [1.82, 2.24) is 9.97 Å². The molecule has 0 bridgehead atoms. The number of rotatable bonds is 5. The lowest BCUT2D eigenvalue weighted by Crippen LogP contribution is -2.23. The molecule has 6 heteroatoms. The van der Waals surface area contributed by atoms with Crippen LogP contribution in [0.25, 0.3) is 0 Å². The molecule has 0 fully saturated rings. The van der Waals surface area contributed by atoms with E-state index in [0.717, 1.165) is 12.2 Å². The van der Waals surface area contributed by atoms with Gasteiger partial charge < -0.3 is 16.2 Å². The van der Waals surface area contributed by atoms with E-state index in [1.54, 1.807) is 13.2 Å². The van der Waals surface area contributed by atoms with Crippen LogP contribution in [-0.4, -0.2) is 28.4 Å². The molecule has 5 nitrogen and oxygen atoms in total. The van der Waals surface area contributed by atoms with E-state index < -0.39 is 0 Å². The van der Waals surface area contributed by atoms with Crippen LogP contribution in [-0.2, 0) is 4.74 Å². The second-order valence-corrected chi connectivity index (χ2v) is 5.12. The maximum Gasteiger partial charge on any atom is 0.191 e. The number of nitrogens with zero attached hydrogens (tertiary/aromatic N) is 2. The van der Waals surface area contributed by atoms with Crippen molar-refractivity contribution in [2.75, 3.05) is 24.3 Å². The van der Waals surface area contributed by atoms with Crippen LogP contribution in [0.3, 0.4) is 0 Å². The van der Waals surface area contributed by atoms with Gasteiger partial charge in [0.15, 0.2) is 5.16 Å². The van der Waals surface area contributed by atoms with Crippen LogP contribution >= 0.6 is 11.8 Å².